The second kappa shape index (κ2) is 4.75. The normalized spacial score (nSPS) is 23.9. The lowest BCUT2D eigenvalue weighted by atomic mass is 9.95. The number of halogens is 3. The molecule has 0 aromatic heterocycles. The van der Waals surface area contributed by atoms with Gasteiger partial charge in [0.1, 0.15) is 9.61 Å². The lowest BCUT2D eigenvalue weighted by Gasteiger charge is -2.21. The largest absolute Gasteiger partial charge is 0.289 e. The highest BCUT2D eigenvalue weighted by molar-refractivity contribution is 9.10. The Hall–Kier alpha value is -0.930. The van der Waals surface area contributed by atoms with Gasteiger partial charge in [-0.25, -0.2) is 4.39 Å². The molecule has 0 aliphatic heterocycles. The Bertz CT molecular complexity index is 505. The molecule has 1 unspecified atom stereocenters. The highest BCUT2D eigenvalue weighted by Crippen LogP contribution is 2.38. The number of Topliss-reactive ketones (excluding diaryl/α,β-unsaturated/α-hetero) is 1. The number of alkyl halides is 2. The van der Waals surface area contributed by atoms with Crippen molar-refractivity contribution >= 4 is 33.3 Å². The third-order valence-corrected chi connectivity index (χ3v) is 3.17. The van der Waals surface area contributed by atoms with Crippen molar-refractivity contribution in [1.82, 2.24) is 0 Å². The van der Waals surface area contributed by atoms with E-state index in [0.717, 1.165) is 0 Å². The second-order valence-corrected chi connectivity index (χ2v) is 6.38. The van der Waals surface area contributed by atoms with Crippen LogP contribution in [0, 0.1) is 0 Å². The van der Waals surface area contributed by atoms with Crippen LogP contribution >= 0.6 is 27.5 Å². The van der Waals surface area contributed by atoms with Crippen LogP contribution < -0.4 is 0 Å². The molecule has 2 rings (SSSR count). The van der Waals surface area contributed by atoms with E-state index in [1.165, 1.54) is 12.2 Å². The summed E-state index contributed by atoms with van der Waals surface area (Å²) < 4.78 is 12.3. The molecular weight excluding hydrogens is 306 g/mol. The van der Waals surface area contributed by atoms with E-state index in [1.807, 2.05) is 6.07 Å². The summed E-state index contributed by atoms with van der Waals surface area (Å²) >= 11 is 9.17. The molecule has 1 aliphatic carbocycles. The second-order valence-electron chi connectivity index (χ2n) is 3.83. The lowest BCUT2D eigenvalue weighted by Crippen LogP contribution is -2.18. The molecule has 0 saturated carbocycles. The van der Waals surface area contributed by atoms with Crippen LogP contribution in [0.2, 0.25) is 0 Å². The van der Waals surface area contributed by atoms with E-state index < -0.39 is 9.61 Å². The molecule has 1 aromatic rings. The number of carbonyl (C=O) groups is 1. The molecule has 4 heteroatoms. The average molecular weight is 316 g/mol. The number of carbonyl (C=O) groups excluding carboxylic acids is 1. The van der Waals surface area contributed by atoms with E-state index in [-0.39, 0.29) is 12.2 Å². The number of hydrogen-bond acceptors (Lipinski definition) is 1. The van der Waals surface area contributed by atoms with Crippen molar-refractivity contribution in [2.45, 2.75) is 10.2 Å². The van der Waals surface area contributed by atoms with Crippen molar-refractivity contribution in [1.29, 1.82) is 0 Å². The maximum absolute atomic E-state index is 13.3. The Labute approximate surface area is 112 Å². The number of rotatable bonds is 2. The molecule has 1 aliphatic rings. The van der Waals surface area contributed by atoms with Crippen LogP contribution in [0.4, 0.5) is 4.39 Å². The number of ketones is 1. The van der Waals surface area contributed by atoms with Gasteiger partial charge in [0, 0.05) is 17.6 Å². The van der Waals surface area contributed by atoms with Gasteiger partial charge in [0.05, 0.1) is 0 Å². The van der Waals surface area contributed by atoms with Crippen molar-refractivity contribution in [2.24, 2.45) is 0 Å². The fraction of sp³-hybridized carbons (Fsp3) is 0.154. The molecule has 0 spiro atoms. The zero-order valence-electron chi connectivity index (χ0n) is 8.79. The van der Waals surface area contributed by atoms with Crippen molar-refractivity contribution in [2.75, 3.05) is 0 Å². The van der Waals surface area contributed by atoms with E-state index in [4.69, 9.17) is 11.6 Å². The number of allylic oxidation sites excluding steroid dienone is 4. The van der Waals surface area contributed by atoms with Crippen LogP contribution in [0.3, 0.4) is 0 Å². The van der Waals surface area contributed by atoms with Crippen molar-refractivity contribution in [3.8, 4) is 0 Å². The summed E-state index contributed by atoms with van der Waals surface area (Å²) in [5.74, 6) is -0.694. The SMILES string of the molecule is O=C(C1=CC(F)=CC(Cl)(Br)C1)c1ccccc1. The van der Waals surface area contributed by atoms with Gasteiger partial charge in [-0.2, -0.15) is 0 Å². The maximum atomic E-state index is 13.3. The van der Waals surface area contributed by atoms with Gasteiger partial charge in [-0.3, -0.25) is 4.79 Å². The highest BCUT2D eigenvalue weighted by Gasteiger charge is 2.30. The minimum absolute atomic E-state index is 0.196. The molecule has 0 N–H and O–H groups in total. The lowest BCUT2D eigenvalue weighted by molar-refractivity contribution is 0.103. The minimum atomic E-state index is -1.01. The van der Waals surface area contributed by atoms with Crippen LogP contribution in [-0.4, -0.2) is 9.57 Å². The van der Waals surface area contributed by atoms with Gasteiger partial charge >= 0.3 is 0 Å². The Morgan fingerprint density at radius 1 is 1.35 bits per heavy atom. The maximum Gasteiger partial charge on any atom is 0.189 e. The first-order valence-corrected chi connectivity index (χ1v) is 6.21. The Morgan fingerprint density at radius 2 is 2.00 bits per heavy atom. The zero-order chi connectivity index (χ0) is 12.5. The molecule has 1 nitrogen and oxygen atoms in total. The molecule has 88 valence electrons. The molecule has 1 aromatic carbocycles. The first kappa shape index (κ1) is 12.5. The first-order chi connectivity index (χ1) is 7.98. The summed E-state index contributed by atoms with van der Waals surface area (Å²) in [5.41, 5.74) is 0.900. The van der Waals surface area contributed by atoms with Gasteiger partial charge < -0.3 is 0 Å². The van der Waals surface area contributed by atoms with E-state index >= 15 is 0 Å². The fourth-order valence-corrected chi connectivity index (χ4v) is 2.46. The summed E-state index contributed by atoms with van der Waals surface area (Å²) in [7, 11) is 0. The van der Waals surface area contributed by atoms with Crippen LogP contribution in [0.25, 0.3) is 0 Å². The summed E-state index contributed by atoms with van der Waals surface area (Å²) in [5, 5.41) is 0. The molecule has 0 fully saturated rings. The van der Waals surface area contributed by atoms with Gasteiger partial charge in [0.25, 0.3) is 0 Å². The van der Waals surface area contributed by atoms with Crippen molar-refractivity contribution < 1.29 is 9.18 Å². The smallest absolute Gasteiger partial charge is 0.189 e. The van der Waals surface area contributed by atoms with Crippen LogP contribution in [0.5, 0.6) is 0 Å². The molecule has 17 heavy (non-hydrogen) atoms. The van der Waals surface area contributed by atoms with E-state index in [0.29, 0.717) is 11.1 Å². The van der Waals surface area contributed by atoms with Gasteiger partial charge in [0.15, 0.2) is 5.78 Å². The predicted molar refractivity (Wildman–Crippen MR) is 70.2 cm³/mol. The summed E-state index contributed by atoms with van der Waals surface area (Å²) in [6.45, 7) is 0. The van der Waals surface area contributed by atoms with Crippen LogP contribution in [0.15, 0.2) is 53.9 Å². The topological polar surface area (TPSA) is 17.1 Å². The van der Waals surface area contributed by atoms with Crippen molar-refractivity contribution in [3.05, 3.63) is 59.4 Å². The quantitative estimate of drug-likeness (QED) is 0.584. The molecule has 0 saturated heterocycles. The molecule has 0 amide bonds. The standard InChI is InChI=1S/C13H9BrClFO/c14-13(15)7-10(6-11(16)8-13)12(17)9-4-2-1-3-5-9/h1-6,8H,7H2. The summed E-state index contributed by atoms with van der Waals surface area (Å²) in [6.07, 6.45) is 2.74. The highest BCUT2D eigenvalue weighted by atomic mass is 79.9. The number of hydrogen-bond donors (Lipinski definition) is 0. The van der Waals surface area contributed by atoms with Gasteiger partial charge in [-0.1, -0.05) is 46.3 Å². The summed E-state index contributed by atoms with van der Waals surface area (Å²) in [6, 6.07) is 8.76. The molecular formula is C13H9BrClFO. The third-order valence-electron chi connectivity index (χ3n) is 2.41. The summed E-state index contributed by atoms with van der Waals surface area (Å²) in [4.78, 5) is 12.1. The number of benzene rings is 1. The van der Waals surface area contributed by atoms with Crippen molar-refractivity contribution in [3.63, 3.8) is 0 Å². The van der Waals surface area contributed by atoms with Gasteiger partial charge in [-0.05, 0) is 12.2 Å². The minimum Gasteiger partial charge on any atom is -0.289 e. The van der Waals surface area contributed by atoms with E-state index in [1.54, 1.807) is 24.3 Å². The molecule has 0 radical (unpaired) electrons. The first-order valence-electron chi connectivity index (χ1n) is 5.04. The zero-order valence-corrected chi connectivity index (χ0v) is 11.1. The van der Waals surface area contributed by atoms with Crippen LogP contribution in [0.1, 0.15) is 16.8 Å². The monoisotopic (exact) mass is 314 g/mol. The van der Waals surface area contributed by atoms with E-state index in [9.17, 15) is 9.18 Å². The Morgan fingerprint density at radius 3 is 2.59 bits per heavy atom. The Kier molecular flexibility index (Phi) is 3.50. The van der Waals surface area contributed by atoms with Gasteiger partial charge in [0.2, 0.25) is 0 Å². The van der Waals surface area contributed by atoms with Gasteiger partial charge in [-0.15, -0.1) is 11.6 Å². The molecule has 0 heterocycles. The van der Waals surface area contributed by atoms with Crippen LogP contribution in [-0.2, 0) is 0 Å². The average Bonchev–Trinajstić information content (AvgIpc) is 2.26. The Balaban J connectivity index is 2.31. The third kappa shape index (κ3) is 3.05. The van der Waals surface area contributed by atoms with E-state index in [2.05, 4.69) is 15.9 Å². The fourth-order valence-electron chi connectivity index (χ4n) is 1.69. The molecule has 1 atom stereocenters. The molecule has 0 bridgehead atoms. The predicted octanol–water partition coefficient (Wildman–Crippen LogP) is 4.38.